The molecule has 4 nitrogen and oxygen atoms in total. The molecule has 1 aromatic carbocycles. The van der Waals surface area contributed by atoms with Crippen LogP contribution >= 0.6 is 0 Å². The van der Waals surface area contributed by atoms with Gasteiger partial charge in [-0.3, -0.25) is 0 Å². The van der Waals surface area contributed by atoms with E-state index in [1.165, 1.54) is 34.8 Å². The van der Waals surface area contributed by atoms with E-state index in [0.29, 0.717) is 19.5 Å². The molecule has 1 aliphatic heterocycles. The Balaban J connectivity index is 2.15. The maximum Gasteiger partial charge on any atom is 0.281 e. The molecule has 0 N–H and O–H groups in total. The standard InChI is InChI=1S/C13H17FN2O2S/c1-15(2)19(17,18)16-9-7-12(8-10-16)11-3-5-13(14)6-4-11/h3-7H,8-10H2,1-2H3. The molecular formula is C13H17FN2O2S. The Kier molecular flexibility index (Phi) is 4.03. The van der Waals surface area contributed by atoms with Gasteiger partial charge in [-0.25, -0.2) is 4.39 Å². The molecule has 1 heterocycles. The highest BCUT2D eigenvalue weighted by Gasteiger charge is 2.26. The van der Waals surface area contributed by atoms with Crippen LogP contribution in [0.15, 0.2) is 30.3 Å². The second kappa shape index (κ2) is 5.40. The Bertz CT molecular complexity index is 579. The molecule has 19 heavy (non-hydrogen) atoms. The first kappa shape index (κ1) is 14.2. The average molecular weight is 284 g/mol. The molecule has 0 amide bonds. The van der Waals surface area contributed by atoms with Gasteiger partial charge in [0.05, 0.1) is 0 Å². The first-order valence-corrected chi connectivity index (χ1v) is 7.43. The van der Waals surface area contributed by atoms with Crippen molar-refractivity contribution >= 4 is 15.8 Å². The van der Waals surface area contributed by atoms with Crippen LogP contribution in [0.1, 0.15) is 12.0 Å². The summed E-state index contributed by atoms with van der Waals surface area (Å²) in [6, 6.07) is 6.27. The minimum absolute atomic E-state index is 0.267. The summed E-state index contributed by atoms with van der Waals surface area (Å²) in [5.74, 6) is -0.267. The predicted octanol–water partition coefficient (Wildman–Crippen LogP) is 1.72. The van der Waals surface area contributed by atoms with Crippen molar-refractivity contribution in [3.05, 3.63) is 41.7 Å². The van der Waals surface area contributed by atoms with Crippen molar-refractivity contribution in [2.45, 2.75) is 6.42 Å². The molecule has 1 aromatic rings. The van der Waals surface area contributed by atoms with Gasteiger partial charge < -0.3 is 0 Å². The fraction of sp³-hybridized carbons (Fsp3) is 0.385. The van der Waals surface area contributed by atoms with Gasteiger partial charge in [-0.05, 0) is 29.7 Å². The Morgan fingerprint density at radius 3 is 2.32 bits per heavy atom. The third-order valence-electron chi connectivity index (χ3n) is 3.17. The van der Waals surface area contributed by atoms with Crippen LogP contribution in [-0.2, 0) is 10.2 Å². The zero-order valence-electron chi connectivity index (χ0n) is 11.0. The lowest BCUT2D eigenvalue weighted by Gasteiger charge is -2.28. The normalized spacial score (nSPS) is 17.6. The van der Waals surface area contributed by atoms with Crippen LogP contribution in [0.3, 0.4) is 0 Å². The third-order valence-corrected chi connectivity index (χ3v) is 5.08. The smallest absolute Gasteiger partial charge is 0.207 e. The summed E-state index contributed by atoms with van der Waals surface area (Å²) in [4.78, 5) is 0. The summed E-state index contributed by atoms with van der Waals surface area (Å²) in [6.07, 6.45) is 2.52. The van der Waals surface area contributed by atoms with E-state index in [0.717, 1.165) is 11.1 Å². The Labute approximate surface area is 113 Å². The van der Waals surface area contributed by atoms with E-state index in [1.54, 1.807) is 12.1 Å². The van der Waals surface area contributed by atoms with Crippen LogP contribution in [0.4, 0.5) is 4.39 Å². The molecule has 0 saturated carbocycles. The van der Waals surface area contributed by atoms with Gasteiger partial charge in [-0.15, -0.1) is 0 Å². The van der Waals surface area contributed by atoms with Crippen LogP contribution in [0.2, 0.25) is 0 Å². The number of nitrogens with zero attached hydrogens (tertiary/aromatic N) is 2. The van der Waals surface area contributed by atoms with Crippen LogP contribution in [0.5, 0.6) is 0 Å². The second-order valence-electron chi connectivity index (χ2n) is 4.63. The fourth-order valence-corrected chi connectivity index (χ4v) is 3.06. The topological polar surface area (TPSA) is 40.6 Å². The van der Waals surface area contributed by atoms with Crippen molar-refractivity contribution in [1.82, 2.24) is 8.61 Å². The van der Waals surface area contributed by atoms with Crippen LogP contribution < -0.4 is 0 Å². The van der Waals surface area contributed by atoms with E-state index < -0.39 is 10.2 Å². The fourth-order valence-electron chi connectivity index (χ4n) is 2.02. The Hall–Kier alpha value is -1.24. The quantitative estimate of drug-likeness (QED) is 0.848. The molecule has 0 fully saturated rings. The highest BCUT2D eigenvalue weighted by atomic mass is 32.2. The molecule has 0 saturated heterocycles. The zero-order chi connectivity index (χ0) is 14.0. The van der Waals surface area contributed by atoms with Crippen LogP contribution in [0, 0.1) is 5.82 Å². The van der Waals surface area contributed by atoms with Crippen molar-refractivity contribution in [2.75, 3.05) is 27.2 Å². The highest BCUT2D eigenvalue weighted by Crippen LogP contribution is 2.24. The van der Waals surface area contributed by atoms with E-state index in [4.69, 9.17) is 0 Å². The molecular weight excluding hydrogens is 267 g/mol. The minimum Gasteiger partial charge on any atom is -0.207 e. The van der Waals surface area contributed by atoms with Crippen molar-refractivity contribution in [2.24, 2.45) is 0 Å². The molecule has 0 spiro atoms. The lowest BCUT2D eigenvalue weighted by Crippen LogP contribution is -2.42. The molecule has 2 rings (SSSR count). The number of hydrogen-bond acceptors (Lipinski definition) is 2. The third kappa shape index (κ3) is 3.02. The average Bonchev–Trinajstić information content (AvgIpc) is 2.39. The molecule has 1 aliphatic rings. The molecule has 0 aliphatic carbocycles. The molecule has 6 heteroatoms. The maximum atomic E-state index is 12.8. The van der Waals surface area contributed by atoms with Crippen molar-refractivity contribution in [3.63, 3.8) is 0 Å². The number of benzene rings is 1. The molecule has 0 aromatic heterocycles. The van der Waals surface area contributed by atoms with Gasteiger partial charge in [-0.1, -0.05) is 18.2 Å². The lowest BCUT2D eigenvalue weighted by atomic mass is 10.0. The number of halogens is 1. The molecule has 0 unspecified atom stereocenters. The monoisotopic (exact) mass is 284 g/mol. The SMILES string of the molecule is CN(C)S(=O)(=O)N1CC=C(c2ccc(F)cc2)CC1. The predicted molar refractivity (Wildman–Crippen MR) is 73.2 cm³/mol. The summed E-state index contributed by atoms with van der Waals surface area (Å²) in [5, 5.41) is 0. The van der Waals surface area contributed by atoms with Gasteiger partial charge in [0.15, 0.2) is 0 Å². The van der Waals surface area contributed by atoms with E-state index in [2.05, 4.69) is 0 Å². The maximum absolute atomic E-state index is 12.8. The van der Waals surface area contributed by atoms with Gasteiger partial charge >= 0.3 is 0 Å². The first-order valence-electron chi connectivity index (χ1n) is 6.04. The van der Waals surface area contributed by atoms with E-state index >= 15 is 0 Å². The Morgan fingerprint density at radius 1 is 1.21 bits per heavy atom. The summed E-state index contributed by atoms with van der Waals surface area (Å²) in [7, 11) is -0.305. The Morgan fingerprint density at radius 2 is 1.84 bits per heavy atom. The van der Waals surface area contributed by atoms with Crippen LogP contribution in [-0.4, -0.2) is 44.2 Å². The first-order chi connectivity index (χ1) is 8.91. The van der Waals surface area contributed by atoms with E-state index in [-0.39, 0.29) is 5.82 Å². The lowest BCUT2D eigenvalue weighted by molar-refractivity contribution is 0.397. The molecule has 104 valence electrons. The van der Waals surface area contributed by atoms with Gasteiger partial charge in [-0.2, -0.15) is 17.0 Å². The van der Waals surface area contributed by atoms with Crippen molar-refractivity contribution in [1.29, 1.82) is 0 Å². The largest absolute Gasteiger partial charge is 0.281 e. The van der Waals surface area contributed by atoms with Gasteiger partial charge in [0.1, 0.15) is 5.82 Å². The summed E-state index contributed by atoms with van der Waals surface area (Å²) < 4.78 is 39.4. The number of rotatable bonds is 3. The summed E-state index contributed by atoms with van der Waals surface area (Å²) in [6.45, 7) is 0.803. The van der Waals surface area contributed by atoms with E-state index in [9.17, 15) is 12.8 Å². The minimum atomic E-state index is -3.35. The van der Waals surface area contributed by atoms with Crippen molar-refractivity contribution in [3.8, 4) is 0 Å². The van der Waals surface area contributed by atoms with Gasteiger partial charge in [0.25, 0.3) is 10.2 Å². The van der Waals surface area contributed by atoms with Crippen molar-refractivity contribution < 1.29 is 12.8 Å². The second-order valence-corrected chi connectivity index (χ2v) is 6.78. The van der Waals surface area contributed by atoms with E-state index in [1.807, 2.05) is 6.08 Å². The summed E-state index contributed by atoms with van der Waals surface area (Å²) in [5.41, 5.74) is 2.01. The summed E-state index contributed by atoms with van der Waals surface area (Å²) >= 11 is 0. The zero-order valence-corrected chi connectivity index (χ0v) is 11.8. The molecule has 0 bridgehead atoms. The van der Waals surface area contributed by atoms with Gasteiger partial charge in [0, 0.05) is 27.2 Å². The van der Waals surface area contributed by atoms with Gasteiger partial charge in [0.2, 0.25) is 0 Å². The number of hydrogen-bond donors (Lipinski definition) is 0. The molecule has 0 radical (unpaired) electrons. The van der Waals surface area contributed by atoms with Crippen LogP contribution in [0.25, 0.3) is 5.57 Å². The highest BCUT2D eigenvalue weighted by molar-refractivity contribution is 7.86. The molecule has 0 atom stereocenters.